The van der Waals surface area contributed by atoms with Crippen molar-refractivity contribution in [2.75, 3.05) is 13.6 Å². The van der Waals surface area contributed by atoms with Crippen molar-refractivity contribution in [2.45, 2.75) is 6.54 Å². The minimum atomic E-state index is -0.469. The average molecular weight is 326 g/mol. The third-order valence-electron chi connectivity index (χ3n) is 3.91. The fraction of sp³-hybridized carbons (Fsp3) is 0.167. The van der Waals surface area contributed by atoms with Gasteiger partial charge in [0.15, 0.2) is 0 Å². The van der Waals surface area contributed by atoms with Crippen molar-refractivity contribution in [3.63, 3.8) is 0 Å². The van der Waals surface area contributed by atoms with E-state index < -0.39 is 17.7 Å². The Balaban J connectivity index is 1.69. The highest BCUT2D eigenvalue weighted by molar-refractivity contribution is 6.22. The summed E-state index contributed by atoms with van der Waals surface area (Å²) in [6.45, 7) is -0.141. The lowest BCUT2D eigenvalue weighted by atomic mass is 10.1. The number of likely N-dealkylation sites (N-methyl/N-ethyl adjacent to an activating group) is 1. The average Bonchev–Trinajstić information content (AvgIpc) is 2.80. The highest BCUT2D eigenvalue weighted by Crippen LogP contribution is 2.22. The van der Waals surface area contributed by atoms with Gasteiger partial charge in [0.05, 0.1) is 11.1 Å². The number of rotatable bonds is 4. The van der Waals surface area contributed by atoms with Crippen LogP contribution in [0.4, 0.5) is 4.39 Å². The summed E-state index contributed by atoms with van der Waals surface area (Å²) < 4.78 is 13.2. The molecule has 0 atom stereocenters. The molecule has 2 aromatic carbocycles. The number of hydrogen-bond donors (Lipinski definition) is 0. The summed E-state index contributed by atoms with van der Waals surface area (Å²) >= 11 is 0. The third kappa shape index (κ3) is 2.90. The number of amides is 3. The first kappa shape index (κ1) is 15.9. The van der Waals surface area contributed by atoms with Crippen LogP contribution >= 0.6 is 0 Å². The molecule has 3 amide bonds. The van der Waals surface area contributed by atoms with Crippen LogP contribution in [-0.2, 0) is 11.3 Å². The van der Waals surface area contributed by atoms with Crippen LogP contribution in [-0.4, -0.2) is 41.1 Å². The number of hydrogen-bond acceptors (Lipinski definition) is 3. The van der Waals surface area contributed by atoms with Gasteiger partial charge in [-0.05, 0) is 29.8 Å². The molecule has 0 aliphatic carbocycles. The molecule has 5 nitrogen and oxygen atoms in total. The predicted molar refractivity (Wildman–Crippen MR) is 84.7 cm³/mol. The summed E-state index contributed by atoms with van der Waals surface area (Å²) in [7, 11) is 1.55. The minimum absolute atomic E-state index is 0.194. The summed E-state index contributed by atoms with van der Waals surface area (Å²) in [6, 6.07) is 12.4. The number of halogens is 1. The van der Waals surface area contributed by atoms with Crippen LogP contribution in [0.5, 0.6) is 0 Å². The molecule has 6 heteroatoms. The SMILES string of the molecule is CN(Cc1cccc(F)c1)C(=O)CN1C(=O)c2ccccc2C1=O. The smallest absolute Gasteiger partial charge is 0.262 e. The van der Waals surface area contributed by atoms with Gasteiger partial charge in [-0.15, -0.1) is 0 Å². The Kier molecular flexibility index (Phi) is 4.12. The fourth-order valence-corrected chi connectivity index (χ4v) is 2.64. The molecule has 0 fully saturated rings. The zero-order chi connectivity index (χ0) is 17.3. The second-order valence-corrected chi connectivity index (χ2v) is 5.62. The van der Waals surface area contributed by atoms with E-state index in [1.807, 2.05) is 0 Å². The first-order valence-electron chi connectivity index (χ1n) is 7.41. The standard InChI is InChI=1S/C18H15FN2O3/c1-20(10-12-5-4-6-13(19)9-12)16(22)11-21-17(23)14-7-2-3-8-15(14)18(21)24/h2-9H,10-11H2,1H3. The van der Waals surface area contributed by atoms with Crippen LogP contribution in [0.15, 0.2) is 48.5 Å². The van der Waals surface area contributed by atoms with E-state index >= 15 is 0 Å². The number of carbonyl (C=O) groups is 3. The van der Waals surface area contributed by atoms with E-state index in [1.54, 1.807) is 43.4 Å². The van der Waals surface area contributed by atoms with Crippen LogP contribution < -0.4 is 0 Å². The van der Waals surface area contributed by atoms with E-state index in [0.717, 1.165) is 4.90 Å². The molecule has 0 N–H and O–H groups in total. The maximum Gasteiger partial charge on any atom is 0.262 e. The summed E-state index contributed by atoms with van der Waals surface area (Å²) in [4.78, 5) is 39.1. The molecular formula is C18H15FN2O3. The van der Waals surface area contributed by atoms with Crippen molar-refractivity contribution in [2.24, 2.45) is 0 Å². The van der Waals surface area contributed by atoms with Gasteiger partial charge < -0.3 is 4.90 Å². The van der Waals surface area contributed by atoms with Crippen LogP contribution in [0.3, 0.4) is 0 Å². The monoisotopic (exact) mass is 326 g/mol. The Morgan fingerprint density at radius 1 is 1.04 bits per heavy atom. The van der Waals surface area contributed by atoms with E-state index in [4.69, 9.17) is 0 Å². The molecule has 24 heavy (non-hydrogen) atoms. The van der Waals surface area contributed by atoms with Crippen molar-refractivity contribution in [1.29, 1.82) is 0 Å². The molecule has 1 aliphatic rings. The molecule has 0 bridgehead atoms. The summed E-state index contributed by atoms with van der Waals surface area (Å²) in [5.41, 5.74) is 1.25. The van der Waals surface area contributed by atoms with Crippen molar-refractivity contribution in [3.8, 4) is 0 Å². The maximum atomic E-state index is 13.2. The number of carbonyl (C=O) groups excluding carboxylic acids is 3. The number of imide groups is 1. The first-order chi connectivity index (χ1) is 11.5. The highest BCUT2D eigenvalue weighted by Gasteiger charge is 2.36. The molecule has 1 heterocycles. The second kappa shape index (κ2) is 6.23. The van der Waals surface area contributed by atoms with Crippen molar-refractivity contribution in [3.05, 3.63) is 71.0 Å². The lowest BCUT2D eigenvalue weighted by Gasteiger charge is -2.20. The molecular weight excluding hydrogens is 311 g/mol. The van der Waals surface area contributed by atoms with E-state index in [9.17, 15) is 18.8 Å². The van der Waals surface area contributed by atoms with E-state index in [-0.39, 0.29) is 18.9 Å². The van der Waals surface area contributed by atoms with E-state index in [0.29, 0.717) is 16.7 Å². The Labute approximate surface area is 138 Å². The van der Waals surface area contributed by atoms with Crippen molar-refractivity contribution >= 4 is 17.7 Å². The second-order valence-electron chi connectivity index (χ2n) is 5.62. The fourth-order valence-electron chi connectivity index (χ4n) is 2.64. The largest absolute Gasteiger partial charge is 0.340 e. The van der Waals surface area contributed by atoms with E-state index in [1.165, 1.54) is 17.0 Å². The predicted octanol–water partition coefficient (Wildman–Crippen LogP) is 2.08. The van der Waals surface area contributed by atoms with Gasteiger partial charge in [-0.1, -0.05) is 24.3 Å². The minimum Gasteiger partial charge on any atom is -0.340 e. The van der Waals surface area contributed by atoms with Crippen molar-refractivity contribution in [1.82, 2.24) is 9.80 Å². The zero-order valence-corrected chi connectivity index (χ0v) is 13.0. The maximum absolute atomic E-state index is 13.2. The van der Waals surface area contributed by atoms with Gasteiger partial charge in [0, 0.05) is 13.6 Å². The van der Waals surface area contributed by atoms with Crippen molar-refractivity contribution < 1.29 is 18.8 Å². The molecule has 0 unspecified atom stereocenters. The molecule has 122 valence electrons. The lowest BCUT2D eigenvalue weighted by molar-refractivity contribution is -0.130. The van der Waals surface area contributed by atoms with Gasteiger partial charge in [-0.25, -0.2) is 4.39 Å². The summed E-state index contributed by atoms with van der Waals surface area (Å²) in [5, 5.41) is 0. The Hall–Kier alpha value is -3.02. The third-order valence-corrected chi connectivity index (χ3v) is 3.91. The number of fused-ring (bicyclic) bond motifs is 1. The lowest BCUT2D eigenvalue weighted by Crippen LogP contribution is -2.40. The van der Waals surface area contributed by atoms with Crippen LogP contribution in [0, 0.1) is 5.82 Å². The number of benzene rings is 2. The Morgan fingerprint density at radius 3 is 2.25 bits per heavy atom. The van der Waals surface area contributed by atoms with Gasteiger partial charge >= 0.3 is 0 Å². The molecule has 0 spiro atoms. The molecule has 0 saturated carbocycles. The van der Waals surface area contributed by atoms with Crippen LogP contribution in [0.25, 0.3) is 0 Å². The normalized spacial score (nSPS) is 13.2. The number of nitrogens with zero attached hydrogens (tertiary/aromatic N) is 2. The van der Waals surface area contributed by atoms with E-state index in [2.05, 4.69) is 0 Å². The molecule has 2 aromatic rings. The van der Waals surface area contributed by atoms with Gasteiger partial charge in [-0.2, -0.15) is 0 Å². The molecule has 3 rings (SSSR count). The first-order valence-corrected chi connectivity index (χ1v) is 7.41. The van der Waals surface area contributed by atoms with Crippen LogP contribution in [0.2, 0.25) is 0 Å². The molecule has 1 aliphatic heterocycles. The zero-order valence-electron chi connectivity index (χ0n) is 13.0. The van der Waals surface area contributed by atoms with Gasteiger partial charge in [0.1, 0.15) is 12.4 Å². The van der Waals surface area contributed by atoms with Gasteiger partial charge in [-0.3, -0.25) is 19.3 Å². The summed E-state index contributed by atoms with van der Waals surface area (Å²) in [6.07, 6.45) is 0. The molecule has 0 saturated heterocycles. The highest BCUT2D eigenvalue weighted by atomic mass is 19.1. The molecule has 0 aromatic heterocycles. The quantitative estimate of drug-likeness (QED) is 0.808. The van der Waals surface area contributed by atoms with Gasteiger partial charge in [0.2, 0.25) is 5.91 Å². The van der Waals surface area contributed by atoms with Gasteiger partial charge in [0.25, 0.3) is 11.8 Å². The molecule has 0 radical (unpaired) electrons. The topological polar surface area (TPSA) is 57.7 Å². The Bertz CT molecular complexity index is 800. The van der Waals surface area contributed by atoms with Crippen LogP contribution in [0.1, 0.15) is 26.3 Å². The Morgan fingerprint density at radius 2 is 1.67 bits per heavy atom. The summed E-state index contributed by atoms with van der Waals surface area (Å²) in [5.74, 6) is -1.71.